The number of carboxylic acids is 1. The average Bonchev–Trinajstić information content (AvgIpc) is 4.48. The number of esters is 1. The Kier molecular flexibility index (Phi) is 35.7. The first-order valence-electron chi connectivity index (χ1n) is 29.3. The molecule has 1 saturated carbocycles. The molecule has 1 saturated heterocycles. The summed E-state index contributed by atoms with van der Waals surface area (Å²) >= 11 is 5.91. The van der Waals surface area contributed by atoms with Crippen LogP contribution in [-0.2, 0) is 62.3 Å². The van der Waals surface area contributed by atoms with Gasteiger partial charge in [-0.25, -0.2) is 9.59 Å². The van der Waals surface area contributed by atoms with E-state index in [1.54, 1.807) is 0 Å². The van der Waals surface area contributed by atoms with Crippen LogP contribution in [0.15, 0.2) is 11.8 Å². The molecule has 488 valence electrons. The first kappa shape index (κ1) is 75.5. The van der Waals surface area contributed by atoms with E-state index < -0.39 is 181 Å². The molecule has 21 N–H and O–H groups in total. The third kappa shape index (κ3) is 27.8. The Labute approximate surface area is 504 Å². The number of hydrogen-bond acceptors (Lipinski definition) is 20. The lowest BCUT2D eigenvalue weighted by Gasteiger charge is -2.29. The van der Waals surface area contributed by atoms with Crippen molar-refractivity contribution in [2.24, 2.45) is 17.2 Å². The molecule has 0 aromatic carbocycles. The fourth-order valence-corrected chi connectivity index (χ4v) is 8.93. The van der Waals surface area contributed by atoms with Crippen molar-refractivity contribution in [3.63, 3.8) is 0 Å². The summed E-state index contributed by atoms with van der Waals surface area (Å²) in [5.41, 5.74) is 16.7. The van der Waals surface area contributed by atoms with E-state index in [4.69, 9.17) is 33.5 Å². The van der Waals surface area contributed by atoms with Gasteiger partial charge in [0.15, 0.2) is 12.1 Å². The summed E-state index contributed by atoms with van der Waals surface area (Å²) in [6.45, 7) is 2.74. The fraction of sp³-hybridized carbons (Fsp3) is 0.741. The fourth-order valence-electron chi connectivity index (χ4n) is 8.75. The minimum Gasteiger partial charge on any atom is -0.479 e. The van der Waals surface area contributed by atoms with Crippen LogP contribution < -0.4 is 70.4 Å². The van der Waals surface area contributed by atoms with Crippen molar-refractivity contribution >= 4 is 82.6 Å². The predicted octanol–water partition coefficient (Wildman–Crippen LogP) is -4.97. The van der Waals surface area contributed by atoms with E-state index in [0.717, 1.165) is 64.4 Å². The smallest absolute Gasteiger partial charge is 0.335 e. The first-order chi connectivity index (χ1) is 40.8. The number of aliphatic hydroxyl groups is 4. The number of alkyl halides is 1. The lowest BCUT2D eigenvalue weighted by atomic mass is 10.0. The lowest BCUT2D eigenvalue weighted by Crippen LogP contribution is -2.63. The monoisotopic (exact) mass is 1250 g/mol. The molecule has 6 unspecified atom stereocenters. The number of hydrogen-bond donors (Lipinski definition) is 18. The van der Waals surface area contributed by atoms with Crippen LogP contribution in [0.4, 0.5) is 0 Å². The van der Waals surface area contributed by atoms with Gasteiger partial charge in [-0.1, -0.05) is 70.8 Å². The molecule has 2 rings (SSSR count). The van der Waals surface area contributed by atoms with Gasteiger partial charge in [-0.2, -0.15) is 0 Å². The van der Waals surface area contributed by atoms with E-state index in [0.29, 0.717) is 25.7 Å². The number of carbonyl (C=O) groups is 12. The van der Waals surface area contributed by atoms with E-state index in [2.05, 4.69) is 54.8 Å². The van der Waals surface area contributed by atoms with E-state index in [1.807, 2.05) is 5.32 Å². The predicted molar refractivity (Wildman–Crippen MR) is 309 cm³/mol. The first-order valence-corrected chi connectivity index (χ1v) is 29.9. The lowest BCUT2D eigenvalue weighted by molar-refractivity contribution is -0.154. The average molecular weight is 1250 g/mol. The van der Waals surface area contributed by atoms with Crippen LogP contribution in [0.1, 0.15) is 143 Å². The summed E-state index contributed by atoms with van der Waals surface area (Å²) in [5.74, 6) is -16.3. The van der Waals surface area contributed by atoms with Gasteiger partial charge in [-0.3, -0.25) is 47.9 Å². The molecular formula is C54H92ClN13O18. The molecule has 10 amide bonds. The molecule has 0 spiro atoms. The van der Waals surface area contributed by atoms with Crippen LogP contribution in [0.25, 0.3) is 0 Å². The Balaban J connectivity index is 2.78. The van der Waals surface area contributed by atoms with E-state index in [9.17, 15) is 83.1 Å². The summed E-state index contributed by atoms with van der Waals surface area (Å²) in [5, 5.41) is 76.2. The third-order valence-electron chi connectivity index (χ3n) is 13.9. The van der Waals surface area contributed by atoms with Gasteiger partial charge in [0, 0.05) is 6.04 Å². The molecule has 31 nitrogen and oxygen atoms in total. The highest BCUT2D eigenvalue weighted by Gasteiger charge is 2.41. The van der Waals surface area contributed by atoms with Crippen LogP contribution in [0, 0.1) is 0 Å². The molecule has 32 heteroatoms. The summed E-state index contributed by atoms with van der Waals surface area (Å²) in [7, 11) is 0. The van der Waals surface area contributed by atoms with Gasteiger partial charge >= 0.3 is 11.9 Å². The Morgan fingerprint density at radius 3 is 1.66 bits per heavy atom. The van der Waals surface area contributed by atoms with Crippen molar-refractivity contribution in [2.45, 2.75) is 222 Å². The maximum atomic E-state index is 14.3. The van der Waals surface area contributed by atoms with Gasteiger partial charge in [0.1, 0.15) is 54.6 Å². The maximum absolute atomic E-state index is 14.3. The van der Waals surface area contributed by atoms with Crippen LogP contribution in [0.3, 0.4) is 0 Å². The second-order valence-electron chi connectivity index (χ2n) is 21.3. The summed E-state index contributed by atoms with van der Waals surface area (Å²) in [6, 6.07) is -15.7. The number of halogens is 1. The molecule has 12 atom stereocenters. The van der Waals surface area contributed by atoms with Crippen molar-refractivity contribution < 1.29 is 87.8 Å². The van der Waals surface area contributed by atoms with Crippen molar-refractivity contribution in [1.82, 2.24) is 53.2 Å². The Bertz CT molecular complexity index is 2300. The number of nitrogens with one attached hydrogen (secondary N) is 10. The number of rotatable bonds is 29. The molecule has 2 aliphatic rings. The zero-order chi connectivity index (χ0) is 64.5. The van der Waals surface area contributed by atoms with Crippen LogP contribution in [0.2, 0.25) is 0 Å². The summed E-state index contributed by atoms with van der Waals surface area (Å²) in [6.07, 6.45) is 1.48. The van der Waals surface area contributed by atoms with Crippen molar-refractivity contribution in [3.05, 3.63) is 11.8 Å². The third-order valence-corrected chi connectivity index (χ3v) is 14.2. The minimum absolute atomic E-state index is 0.145. The standard InChI is InChI=1S/C54H92ClN13O18/c1-4-6-7-8-9-10-11-12-13-16-31(70)25-39(72)60-37-28-86-54(85)42(38(71)27-55)67-45(75)32(5-2)61-51(81)41(29(3)69)66-48(78)35(21-24-58)63-46(76)33(17-14-15-22-56)62-49(79)36(26-40(73)59-30-18-19-30)65-47(77)34(20-23-57)64-52(82)43(68-50(37)80)44(74)53(83)84/h5,29-31,33-38,41-44,69-71,74H,4,6-28,56-58H2,1-3H3,(H,59,73)(H,60,72)(H,61,81)(H,62,79)(H,63,76)(H,64,82)(H,65,77)(H,66,78)(H,67,75)(H,68,80)(H,83,84)/b32-5+/t29-,31+,33?,34+,35-,36?,37?,38+,41?,42?,43?,44-/m0/s1. The molecule has 1 heterocycles. The Hall–Kier alpha value is -6.61. The quantitative estimate of drug-likeness (QED) is 0.0144. The van der Waals surface area contributed by atoms with Crippen LogP contribution in [0.5, 0.6) is 0 Å². The van der Waals surface area contributed by atoms with Gasteiger partial charge in [0.25, 0.3) is 5.91 Å². The molecule has 1 aliphatic carbocycles. The van der Waals surface area contributed by atoms with Gasteiger partial charge < -0.3 is 101 Å². The highest BCUT2D eigenvalue weighted by Crippen LogP contribution is 2.19. The summed E-state index contributed by atoms with van der Waals surface area (Å²) in [4.78, 5) is 165. The molecule has 0 bridgehead atoms. The highest BCUT2D eigenvalue weighted by molar-refractivity contribution is 6.18. The van der Waals surface area contributed by atoms with Crippen LogP contribution >= 0.6 is 11.6 Å². The highest BCUT2D eigenvalue weighted by atomic mass is 35.5. The molecule has 0 radical (unpaired) electrons. The topological polar surface area (TPSA) is 514 Å². The summed E-state index contributed by atoms with van der Waals surface area (Å²) < 4.78 is 5.30. The normalized spacial score (nSPS) is 24.9. The molecule has 2 fully saturated rings. The van der Waals surface area contributed by atoms with Crippen molar-refractivity contribution in [2.75, 3.05) is 32.1 Å². The molecular weight excluding hydrogens is 1150 g/mol. The van der Waals surface area contributed by atoms with Gasteiger partial charge in [0.05, 0.1) is 37.0 Å². The number of ether oxygens (including phenoxy) is 1. The van der Waals surface area contributed by atoms with E-state index in [-0.39, 0.29) is 51.4 Å². The minimum atomic E-state index is -2.82. The maximum Gasteiger partial charge on any atom is 0.335 e. The molecule has 0 aromatic heterocycles. The number of carbonyl (C=O) groups excluding carboxylic acids is 11. The van der Waals surface area contributed by atoms with Gasteiger partial charge in [-0.05, 0) is 84.8 Å². The number of aliphatic hydroxyl groups excluding tert-OH is 4. The number of aliphatic carboxylic acids is 1. The van der Waals surface area contributed by atoms with E-state index in [1.165, 1.54) is 6.92 Å². The number of carboxylic acid groups (broad SMARTS) is 1. The Morgan fingerprint density at radius 2 is 1.14 bits per heavy atom. The zero-order valence-electron chi connectivity index (χ0n) is 49.2. The van der Waals surface area contributed by atoms with Gasteiger partial charge in [-0.15, -0.1) is 11.6 Å². The Morgan fingerprint density at radius 1 is 0.616 bits per heavy atom. The SMILES string of the molecule is C/C=C1/NC(=O)C([C@H](C)O)NC(=O)[C@H](CCN)NC(=O)C(CCCCN)NC(=O)C(CC(=O)NC2CC2)NC(=O)[C@@H](CCN)NC(=O)C([C@H](O)C(=O)O)NC(=O)C(NC(=O)C[C@H](O)CCCCCCCCCCC)COC(=O)C([C@H](O)CCl)NC1=O. The number of allylic oxidation sites excluding steroid dienone is 1. The van der Waals surface area contributed by atoms with Crippen molar-refractivity contribution in [1.29, 1.82) is 0 Å². The molecule has 1 aliphatic heterocycles. The number of nitrogens with two attached hydrogens (primary N) is 3. The van der Waals surface area contributed by atoms with E-state index >= 15 is 0 Å². The number of cyclic esters (lactones) is 1. The van der Waals surface area contributed by atoms with Gasteiger partial charge in [0.2, 0.25) is 53.2 Å². The largest absolute Gasteiger partial charge is 0.479 e. The van der Waals surface area contributed by atoms with Crippen molar-refractivity contribution in [3.8, 4) is 0 Å². The number of unbranched alkanes of at least 4 members (excludes halogenated alkanes) is 9. The second kappa shape index (κ2) is 40.7. The zero-order valence-corrected chi connectivity index (χ0v) is 50.0. The molecule has 0 aromatic rings. The second-order valence-corrected chi connectivity index (χ2v) is 21.6. The van der Waals surface area contributed by atoms with Crippen LogP contribution in [-0.4, -0.2) is 207 Å². The molecule has 86 heavy (non-hydrogen) atoms. The number of amides is 10.